The Morgan fingerprint density at radius 2 is 0.323 bits per heavy atom. The third kappa shape index (κ3) is 5.61. The zero-order valence-corrected chi connectivity index (χ0v) is 34.2. The number of allylic oxidation sites excluding steroid dienone is 12. The normalized spacial score (nSPS) is 17.9. The fourth-order valence-corrected chi connectivity index (χ4v) is 11.0. The number of rotatable bonds is 8. The lowest BCUT2D eigenvalue weighted by atomic mass is 9.77. The summed E-state index contributed by atoms with van der Waals surface area (Å²) in [5, 5.41) is 0. The Kier molecular flexibility index (Phi) is 8.75. The molecule has 0 saturated heterocycles. The van der Waals surface area contributed by atoms with Gasteiger partial charge in [-0.15, -0.1) is 0 Å². The van der Waals surface area contributed by atoms with Crippen molar-refractivity contribution >= 4 is 44.6 Å². The number of fused-ring (bicyclic) bond motifs is 5. The van der Waals surface area contributed by atoms with Gasteiger partial charge in [-0.2, -0.15) is 0 Å². The molecule has 0 saturated carbocycles. The number of hydrogen-bond acceptors (Lipinski definition) is 0. The third-order valence-electron chi connectivity index (χ3n) is 13.2. The Morgan fingerprint density at radius 3 is 0.548 bits per heavy atom. The molecule has 4 aliphatic rings. The largest absolute Gasteiger partial charge is 0.0622 e. The second-order valence-corrected chi connectivity index (χ2v) is 16.5. The van der Waals surface area contributed by atoms with Crippen LogP contribution in [-0.2, 0) is 0 Å². The molecule has 12 rings (SSSR count). The SMILES string of the molecule is c1ccc(C2=C(c3ccccc3)C(c3ccccc3)=C3C2=C(c2ccccc2)[C@H]2C4=C(c5ccccc5)C(c5ccccc5)=C(c5ccccc5)C4=C(c4ccccc4)[C@@H]32)cc1. The van der Waals surface area contributed by atoms with Crippen LogP contribution in [0.5, 0.6) is 0 Å². The van der Waals surface area contributed by atoms with Crippen molar-refractivity contribution in [2.75, 3.05) is 0 Å². The number of benzene rings is 8. The van der Waals surface area contributed by atoms with Crippen LogP contribution >= 0.6 is 0 Å². The molecule has 0 unspecified atom stereocenters. The van der Waals surface area contributed by atoms with Gasteiger partial charge < -0.3 is 0 Å². The molecule has 0 nitrogen and oxygen atoms in total. The summed E-state index contributed by atoms with van der Waals surface area (Å²) >= 11 is 0. The second kappa shape index (κ2) is 15.0. The zero-order chi connectivity index (χ0) is 41.0. The van der Waals surface area contributed by atoms with E-state index in [1.807, 2.05) is 0 Å². The summed E-state index contributed by atoms with van der Waals surface area (Å²) in [5.74, 6) is 0.0509. The molecule has 0 N–H and O–H groups in total. The summed E-state index contributed by atoms with van der Waals surface area (Å²) in [6, 6.07) is 89.7. The van der Waals surface area contributed by atoms with E-state index in [1.54, 1.807) is 0 Å². The van der Waals surface area contributed by atoms with Crippen LogP contribution in [0.2, 0.25) is 0 Å². The molecule has 290 valence electrons. The van der Waals surface area contributed by atoms with Crippen molar-refractivity contribution < 1.29 is 0 Å². The summed E-state index contributed by atoms with van der Waals surface area (Å²) in [7, 11) is 0. The lowest BCUT2D eigenvalue weighted by Gasteiger charge is -2.25. The molecule has 8 aromatic carbocycles. The first-order chi connectivity index (χ1) is 30.9. The minimum atomic E-state index is 0.0254. The van der Waals surface area contributed by atoms with E-state index in [0.717, 1.165) is 0 Å². The highest BCUT2D eigenvalue weighted by Crippen LogP contribution is 2.73. The smallest absolute Gasteiger partial charge is 0.0224 e. The van der Waals surface area contributed by atoms with Crippen molar-refractivity contribution in [1.29, 1.82) is 0 Å². The molecule has 0 bridgehead atoms. The highest BCUT2D eigenvalue weighted by Gasteiger charge is 2.56. The van der Waals surface area contributed by atoms with Crippen molar-refractivity contribution in [1.82, 2.24) is 0 Å². The molecule has 0 radical (unpaired) electrons. The molecule has 0 spiro atoms. The molecule has 8 aromatic rings. The monoisotopic (exact) mass is 786 g/mol. The first-order valence-corrected chi connectivity index (χ1v) is 21.8. The molecule has 62 heavy (non-hydrogen) atoms. The highest BCUT2D eigenvalue weighted by atomic mass is 14.6. The molecular formula is C62H42. The molecule has 2 atom stereocenters. The van der Waals surface area contributed by atoms with Crippen LogP contribution in [0, 0.1) is 11.8 Å². The van der Waals surface area contributed by atoms with E-state index in [4.69, 9.17) is 0 Å². The summed E-state index contributed by atoms with van der Waals surface area (Å²) in [4.78, 5) is 0. The maximum atomic E-state index is 2.36. The van der Waals surface area contributed by atoms with E-state index >= 15 is 0 Å². The molecule has 4 aliphatic carbocycles. The molecule has 0 heterocycles. The van der Waals surface area contributed by atoms with Gasteiger partial charge in [-0.25, -0.2) is 0 Å². The predicted molar refractivity (Wildman–Crippen MR) is 260 cm³/mol. The van der Waals surface area contributed by atoms with Gasteiger partial charge in [0.1, 0.15) is 0 Å². The minimum absolute atomic E-state index is 0.0254. The van der Waals surface area contributed by atoms with Gasteiger partial charge in [0.05, 0.1) is 0 Å². The van der Waals surface area contributed by atoms with Crippen LogP contribution in [0.15, 0.2) is 265 Å². The van der Waals surface area contributed by atoms with E-state index < -0.39 is 0 Å². The van der Waals surface area contributed by atoms with Crippen LogP contribution in [0.4, 0.5) is 0 Å². The average molecular weight is 787 g/mol. The van der Waals surface area contributed by atoms with Gasteiger partial charge in [0.2, 0.25) is 0 Å². The lowest BCUT2D eigenvalue weighted by molar-refractivity contribution is 0.721. The first-order valence-electron chi connectivity index (χ1n) is 21.8. The molecule has 0 heteroatoms. The maximum absolute atomic E-state index is 2.36. The van der Waals surface area contributed by atoms with E-state index in [-0.39, 0.29) is 11.8 Å². The van der Waals surface area contributed by atoms with Crippen molar-refractivity contribution in [2.24, 2.45) is 11.8 Å². The van der Waals surface area contributed by atoms with Gasteiger partial charge in [-0.3, -0.25) is 0 Å². The topological polar surface area (TPSA) is 0 Å². The molecule has 0 fully saturated rings. The van der Waals surface area contributed by atoms with E-state index in [1.165, 1.54) is 111 Å². The Labute approximate surface area is 364 Å². The summed E-state index contributed by atoms with van der Waals surface area (Å²) in [6.45, 7) is 0. The standard InChI is InChI=1S/C62H42/c1-9-25-41(26-10-1)49-51(43-29-13-3-14-30-43)57-55(47-37-21-7-22-38-47)62-60-54(46-35-19-6-20-36-46)50(42-27-11-2-12-28-42)52(44-31-15-4-16-32-44)58(60)56(48-39-23-8-24-40-48)61(62)59(57)53(49)45-33-17-5-18-34-45/h1-40,61-62H/t61-,62-/m0/s1. The quantitative estimate of drug-likeness (QED) is 0.144. The molecule has 0 aromatic heterocycles. The fourth-order valence-electron chi connectivity index (χ4n) is 11.0. The van der Waals surface area contributed by atoms with Crippen molar-refractivity contribution in [3.8, 4) is 0 Å². The Hall–Kier alpha value is -7.80. The van der Waals surface area contributed by atoms with Crippen molar-refractivity contribution in [2.45, 2.75) is 0 Å². The average Bonchev–Trinajstić information content (AvgIpc) is 4.08. The van der Waals surface area contributed by atoms with Gasteiger partial charge in [-0.1, -0.05) is 243 Å². The summed E-state index contributed by atoms with van der Waals surface area (Å²) in [6.07, 6.45) is 0. The summed E-state index contributed by atoms with van der Waals surface area (Å²) < 4.78 is 0. The molecular weight excluding hydrogens is 745 g/mol. The number of hydrogen-bond donors (Lipinski definition) is 0. The Balaban J connectivity index is 1.31. The zero-order valence-electron chi connectivity index (χ0n) is 34.2. The van der Waals surface area contributed by atoms with Crippen LogP contribution < -0.4 is 0 Å². The predicted octanol–water partition coefficient (Wildman–Crippen LogP) is 15.3. The summed E-state index contributed by atoms with van der Waals surface area (Å²) in [5.41, 5.74) is 26.2. The first kappa shape index (κ1) is 36.1. The van der Waals surface area contributed by atoms with Crippen LogP contribution in [0.25, 0.3) is 44.6 Å². The van der Waals surface area contributed by atoms with Gasteiger partial charge in [0.15, 0.2) is 0 Å². The van der Waals surface area contributed by atoms with Crippen molar-refractivity contribution in [3.63, 3.8) is 0 Å². The van der Waals surface area contributed by atoms with Gasteiger partial charge in [0, 0.05) is 11.8 Å². The maximum Gasteiger partial charge on any atom is 0.0224 e. The lowest BCUT2D eigenvalue weighted by Crippen LogP contribution is -2.13. The van der Waals surface area contributed by atoms with Gasteiger partial charge in [0.25, 0.3) is 0 Å². The van der Waals surface area contributed by atoms with Crippen LogP contribution in [-0.4, -0.2) is 0 Å². The van der Waals surface area contributed by atoms with Gasteiger partial charge in [-0.05, 0) is 111 Å². The van der Waals surface area contributed by atoms with E-state index in [9.17, 15) is 0 Å². The van der Waals surface area contributed by atoms with Gasteiger partial charge >= 0.3 is 0 Å². The molecule has 0 aliphatic heterocycles. The van der Waals surface area contributed by atoms with Crippen LogP contribution in [0.1, 0.15) is 44.5 Å². The second-order valence-electron chi connectivity index (χ2n) is 16.5. The van der Waals surface area contributed by atoms with E-state index in [0.29, 0.717) is 0 Å². The van der Waals surface area contributed by atoms with Crippen LogP contribution in [0.3, 0.4) is 0 Å². The van der Waals surface area contributed by atoms with Crippen molar-refractivity contribution in [3.05, 3.63) is 309 Å². The highest BCUT2D eigenvalue weighted by molar-refractivity contribution is 6.33. The fraction of sp³-hybridized carbons (Fsp3) is 0.0323. The Morgan fingerprint density at radius 1 is 0.145 bits per heavy atom. The minimum Gasteiger partial charge on any atom is -0.0622 e. The Bertz CT molecular complexity index is 2960. The van der Waals surface area contributed by atoms with E-state index in [2.05, 4.69) is 243 Å². The third-order valence-corrected chi connectivity index (χ3v) is 13.2. The molecule has 0 amide bonds.